The summed E-state index contributed by atoms with van der Waals surface area (Å²) < 4.78 is 30.4. The molecule has 1 aromatic carbocycles. The number of carbonyl (C=O) groups is 2. The molecule has 10 nitrogen and oxygen atoms in total. The molecule has 6 N–H and O–H groups in total. The zero-order chi connectivity index (χ0) is 17.3. The minimum atomic E-state index is -4.60. The van der Waals surface area contributed by atoms with Crippen LogP contribution in [-0.2, 0) is 30.6 Å². The molecular weight excluding hydrogens is 322 g/mol. The Balaban J connectivity index is 0.000000433. The van der Waals surface area contributed by atoms with Crippen molar-refractivity contribution in [2.45, 2.75) is 12.5 Å². The van der Waals surface area contributed by atoms with Gasteiger partial charge < -0.3 is 21.1 Å². The van der Waals surface area contributed by atoms with Gasteiger partial charge in [-0.15, -0.1) is 0 Å². The third kappa shape index (κ3) is 10.6. The lowest BCUT2D eigenvalue weighted by Gasteiger charge is -2.05. The fraction of sp³-hybridized carbons (Fsp3) is 0.273. The number of benzene rings is 1. The molecule has 1 rings (SSSR count). The molecule has 0 amide bonds. The van der Waals surface area contributed by atoms with E-state index in [0.717, 1.165) is 5.56 Å². The van der Waals surface area contributed by atoms with Gasteiger partial charge in [-0.3, -0.25) is 9.35 Å². The molecule has 0 fully saturated rings. The van der Waals surface area contributed by atoms with Crippen LogP contribution >= 0.6 is 0 Å². The second-order valence-corrected chi connectivity index (χ2v) is 4.99. The van der Waals surface area contributed by atoms with Gasteiger partial charge >= 0.3 is 22.3 Å². The Kier molecular flexibility index (Phi) is 8.04. The highest BCUT2D eigenvalue weighted by Crippen LogP contribution is 2.10. The summed E-state index contributed by atoms with van der Waals surface area (Å²) in [5, 5.41) is 25.3. The molecule has 0 aromatic heterocycles. The lowest BCUT2D eigenvalue weighted by atomic mass is 10.1. The van der Waals surface area contributed by atoms with Gasteiger partial charge in [0.05, 0.1) is 0 Å². The molecule has 0 saturated carbocycles. The van der Waals surface area contributed by atoms with E-state index < -0.39 is 35.0 Å². The third-order valence-corrected chi connectivity index (χ3v) is 2.46. The predicted molar refractivity (Wildman–Crippen MR) is 72.6 cm³/mol. The number of hydrogen-bond donors (Lipinski definition) is 5. The number of carboxylic acid groups (broad SMARTS) is 2. The normalized spacial score (nSPS) is 11.9. The highest BCUT2D eigenvalue weighted by Gasteiger charge is 2.11. The highest BCUT2D eigenvalue weighted by molar-refractivity contribution is 7.80. The SMILES string of the molecule is NC(Cc1ccc(O)cc1)C(=O)O.O=C(O)COS(=O)(=O)O. The third-order valence-electron chi connectivity index (χ3n) is 2.04. The maximum atomic E-state index is 10.4. The average Bonchev–Trinajstić information content (AvgIpc) is 2.39. The Morgan fingerprint density at radius 1 is 1.18 bits per heavy atom. The average molecular weight is 337 g/mol. The van der Waals surface area contributed by atoms with E-state index in [-0.39, 0.29) is 12.2 Å². The van der Waals surface area contributed by atoms with Gasteiger partial charge in [-0.1, -0.05) is 12.1 Å². The molecule has 22 heavy (non-hydrogen) atoms. The van der Waals surface area contributed by atoms with E-state index in [9.17, 15) is 18.0 Å². The van der Waals surface area contributed by atoms with Crippen LogP contribution in [0.3, 0.4) is 0 Å². The van der Waals surface area contributed by atoms with Crippen LogP contribution in [0.4, 0.5) is 0 Å². The Morgan fingerprint density at radius 2 is 1.68 bits per heavy atom. The highest BCUT2D eigenvalue weighted by atomic mass is 32.3. The number of rotatable bonds is 6. The molecule has 1 aromatic rings. The van der Waals surface area contributed by atoms with Gasteiger partial charge in [0.2, 0.25) is 0 Å². The monoisotopic (exact) mass is 337 g/mol. The van der Waals surface area contributed by atoms with Gasteiger partial charge in [-0.2, -0.15) is 8.42 Å². The van der Waals surface area contributed by atoms with Gasteiger partial charge in [0.25, 0.3) is 0 Å². The minimum Gasteiger partial charge on any atom is -0.508 e. The van der Waals surface area contributed by atoms with Crippen LogP contribution < -0.4 is 5.73 Å². The lowest BCUT2D eigenvalue weighted by molar-refractivity contribution is -0.139. The van der Waals surface area contributed by atoms with Crippen LogP contribution in [0, 0.1) is 0 Å². The fourth-order valence-electron chi connectivity index (χ4n) is 1.10. The van der Waals surface area contributed by atoms with E-state index in [1.54, 1.807) is 12.1 Å². The number of nitrogens with two attached hydrogens (primary N) is 1. The molecule has 124 valence electrons. The van der Waals surface area contributed by atoms with Crippen LogP contribution in [0.2, 0.25) is 0 Å². The van der Waals surface area contributed by atoms with Gasteiger partial charge in [0.1, 0.15) is 11.8 Å². The van der Waals surface area contributed by atoms with Crippen LogP contribution in [0.1, 0.15) is 5.56 Å². The van der Waals surface area contributed by atoms with Crippen molar-refractivity contribution in [2.75, 3.05) is 6.61 Å². The number of aromatic hydroxyl groups is 1. The Hall–Kier alpha value is -2.21. The van der Waals surface area contributed by atoms with E-state index in [0.29, 0.717) is 0 Å². The summed E-state index contributed by atoms with van der Waals surface area (Å²) in [6.45, 7) is -1.06. The van der Waals surface area contributed by atoms with Gasteiger partial charge in [-0.25, -0.2) is 8.98 Å². The number of hydrogen-bond acceptors (Lipinski definition) is 7. The maximum Gasteiger partial charge on any atom is 0.397 e. The summed E-state index contributed by atoms with van der Waals surface area (Å²) in [5.74, 6) is -2.33. The predicted octanol–water partition coefficient (Wildman–Crippen LogP) is -0.763. The summed E-state index contributed by atoms with van der Waals surface area (Å²) in [4.78, 5) is 19.9. The standard InChI is InChI=1S/C9H11NO3.C2H4O6S/c10-8(9(12)13)5-6-1-3-7(11)4-2-6;3-2(4)1-8-9(5,6)7/h1-4,8,11H,5,10H2,(H,12,13);1H2,(H,3,4)(H,5,6,7). The largest absolute Gasteiger partial charge is 0.508 e. The molecule has 0 aliphatic carbocycles. The van der Waals surface area contributed by atoms with Crippen molar-refractivity contribution in [1.82, 2.24) is 0 Å². The van der Waals surface area contributed by atoms with Gasteiger partial charge in [-0.05, 0) is 24.1 Å². The van der Waals surface area contributed by atoms with Crippen molar-refractivity contribution in [3.05, 3.63) is 29.8 Å². The first-order chi connectivity index (χ1) is 10.0. The second kappa shape index (κ2) is 8.94. The summed E-state index contributed by atoms with van der Waals surface area (Å²) in [6.07, 6.45) is 0.273. The van der Waals surface area contributed by atoms with Crippen LogP contribution in [-0.4, -0.2) is 52.9 Å². The molecular formula is C11H15NO9S. The first kappa shape index (κ1) is 19.8. The van der Waals surface area contributed by atoms with E-state index >= 15 is 0 Å². The van der Waals surface area contributed by atoms with Crippen molar-refractivity contribution in [3.63, 3.8) is 0 Å². The van der Waals surface area contributed by atoms with Crippen molar-refractivity contribution in [3.8, 4) is 5.75 Å². The summed E-state index contributed by atoms with van der Waals surface area (Å²) in [6, 6.07) is 5.42. The lowest BCUT2D eigenvalue weighted by Crippen LogP contribution is -2.32. The molecule has 0 aliphatic rings. The van der Waals surface area contributed by atoms with Gasteiger partial charge in [0, 0.05) is 0 Å². The molecule has 0 radical (unpaired) electrons. The summed E-state index contributed by atoms with van der Waals surface area (Å²) >= 11 is 0. The zero-order valence-corrected chi connectivity index (χ0v) is 11.9. The number of carboxylic acids is 2. The summed E-state index contributed by atoms with van der Waals surface area (Å²) in [7, 11) is -4.60. The Labute approximate surface area is 125 Å². The van der Waals surface area contributed by atoms with Crippen LogP contribution in [0.5, 0.6) is 5.75 Å². The van der Waals surface area contributed by atoms with Crippen LogP contribution in [0.15, 0.2) is 24.3 Å². The first-order valence-electron chi connectivity index (χ1n) is 5.61. The van der Waals surface area contributed by atoms with Gasteiger partial charge in [0.15, 0.2) is 6.61 Å². The van der Waals surface area contributed by atoms with Crippen molar-refractivity contribution < 1.29 is 42.1 Å². The molecule has 0 aliphatic heterocycles. The van der Waals surface area contributed by atoms with Crippen LogP contribution in [0.25, 0.3) is 0 Å². The molecule has 0 spiro atoms. The van der Waals surface area contributed by atoms with Crippen molar-refractivity contribution in [2.24, 2.45) is 5.73 Å². The molecule has 1 atom stereocenters. The molecule has 1 unspecified atom stereocenters. The van der Waals surface area contributed by atoms with E-state index in [4.69, 9.17) is 25.6 Å². The minimum absolute atomic E-state index is 0.160. The first-order valence-corrected chi connectivity index (χ1v) is 6.97. The van der Waals surface area contributed by atoms with E-state index in [2.05, 4.69) is 4.18 Å². The molecule has 11 heteroatoms. The maximum absolute atomic E-state index is 10.4. The quantitative estimate of drug-likeness (QED) is 0.413. The number of phenols is 1. The Bertz CT molecular complexity index is 596. The molecule has 0 saturated heterocycles. The van der Waals surface area contributed by atoms with E-state index in [1.165, 1.54) is 12.1 Å². The molecule has 0 heterocycles. The van der Waals surface area contributed by atoms with Crippen molar-refractivity contribution >= 4 is 22.3 Å². The number of phenolic OH excluding ortho intramolecular Hbond substituents is 1. The fourth-order valence-corrected chi connectivity index (χ4v) is 1.35. The molecule has 0 bridgehead atoms. The van der Waals surface area contributed by atoms with Crippen molar-refractivity contribution in [1.29, 1.82) is 0 Å². The smallest absolute Gasteiger partial charge is 0.397 e. The second-order valence-electron chi connectivity index (χ2n) is 3.90. The topological polar surface area (TPSA) is 184 Å². The summed E-state index contributed by atoms with van der Waals surface area (Å²) in [5.41, 5.74) is 6.12. The van der Waals surface area contributed by atoms with E-state index in [1.807, 2.05) is 0 Å². The zero-order valence-electron chi connectivity index (χ0n) is 11.1. The number of aliphatic carboxylic acids is 2. The Morgan fingerprint density at radius 3 is 2.00 bits per heavy atom.